The van der Waals surface area contributed by atoms with Gasteiger partial charge in [-0.3, -0.25) is 4.79 Å². The normalized spacial score (nSPS) is 13.3. The van der Waals surface area contributed by atoms with Crippen molar-refractivity contribution in [1.82, 2.24) is 0 Å². The average molecular weight is 305 g/mol. The van der Waals surface area contributed by atoms with Crippen molar-refractivity contribution in [1.29, 1.82) is 0 Å². The quantitative estimate of drug-likeness (QED) is 0.856. The third-order valence-corrected chi connectivity index (χ3v) is 3.44. The number of halogens is 2. The highest BCUT2D eigenvalue weighted by molar-refractivity contribution is 6.07. The Morgan fingerprint density at radius 1 is 1.23 bits per heavy atom. The standard InChI is InChI=1S/C16H13F2NO3/c1-21-11-3-5-15-14(9-11)19(6-7-22-15)16(20)12-4-2-10(17)8-13(12)18/h2-5,8-9H,6-7H2,1H3. The van der Waals surface area contributed by atoms with Gasteiger partial charge in [-0.15, -0.1) is 0 Å². The van der Waals surface area contributed by atoms with E-state index in [1.165, 1.54) is 12.0 Å². The molecule has 0 saturated heterocycles. The van der Waals surface area contributed by atoms with Crippen molar-refractivity contribution < 1.29 is 23.0 Å². The van der Waals surface area contributed by atoms with Gasteiger partial charge in [0.2, 0.25) is 0 Å². The SMILES string of the molecule is COc1ccc2c(c1)N(C(=O)c1ccc(F)cc1F)CCO2. The molecule has 0 saturated carbocycles. The van der Waals surface area contributed by atoms with E-state index in [4.69, 9.17) is 9.47 Å². The van der Waals surface area contributed by atoms with Crippen LogP contribution in [-0.2, 0) is 0 Å². The number of ether oxygens (including phenoxy) is 2. The number of carbonyl (C=O) groups is 1. The largest absolute Gasteiger partial charge is 0.497 e. The second kappa shape index (κ2) is 5.63. The average Bonchev–Trinajstić information content (AvgIpc) is 2.53. The molecule has 0 N–H and O–H groups in total. The van der Waals surface area contributed by atoms with Crippen LogP contribution in [-0.4, -0.2) is 26.2 Å². The topological polar surface area (TPSA) is 38.8 Å². The van der Waals surface area contributed by atoms with Crippen LogP contribution in [0.25, 0.3) is 0 Å². The second-order valence-corrected chi connectivity index (χ2v) is 4.76. The van der Waals surface area contributed by atoms with Crippen LogP contribution in [0.3, 0.4) is 0 Å². The number of rotatable bonds is 2. The number of anilines is 1. The van der Waals surface area contributed by atoms with Gasteiger partial charge in [-0.25, -0.2) is 8.78 Å². The molecule has 2 aromatic rings. The Bertz CT molecular complexity index is 733. The molecule has 0 aliphatic carbocycles. The van der Waals surface area contributed by atoms with Crippen molar-refractivity contribution >= 4 is 11.6 Å². The van der Waals surface area contributed by atoms with Crippen molar-refractivity contribution in [2.75, 3.05) is 25.2 Å². The molecule has 22 heavy (non-hydrogen) atoms. The van der Waals surface area contributed by atoms with Crippen LogP contribution in [0.5, 0.6) is 11.5 Å². The van der Waals surface area contributed by atoms with Crippen LogP contribution < -0.4 is 14.4 Å². The third kappa shape index (κ3) is 2.47. The van der Waals surface area contributed by atoms with Crippen molar-refractivity contribution in [2.45, 2.75) is 0 Å². The summed E-state index contributed by atoms with van der Waals surface area (Å²) >= 11 is 0. The Kier molecular flexibility index (Phi) is 3.66. The molecule has 114 valence electrons. The van der Waals surface area contributed by atoms with E-state index in [0.717, 1.165) is 12.1 Å². The number of hydrogen-bond donors (Lipinski definition) is 0. The Balaban J connectivity index is 2.01. The lowest BCUT2D eigenvalue weighted by atomic mass is 10.1. The number of amides is 1. The Morgan fingerprint density at radius 3 is 2.77 bits per heavy atom. The van der Waals surface area contributed by atoms with Gasteiger partial charge in [0, 0.05) is 12.1 Å². The molecule has 2 aromatic carbocycles. The van der Waals surface area contributed by atoms with Gasteiger partial charge in [0.15, 0.2) is 0 Å². The first-order valence-corrected chi connectivity index (χ1v) is 6.68. The highest BCUT2D eigenvalue weighted by Gasteiger charge is 2.27. The number of nitrogens with zero attached hydrogens (tertiary/aromatic N) is 1. The van der Waals surface area contributed by atoms with E-state index in [9.17, 15) is 13.6 Å². The van der Waals surface area contributed by atoms with Crippen molar-refractivity contribution in [3.63, 3.8) is 0 Å². The lowest BCUT2D eigenvalue weighted by molar-refractivity contribution is 0.0972. The summed E-state index contributed by atoms with van der Waals surface area (Å²) in [6.07, 6.45) is 0. The molecule has 6 heteroatoms. The van der Waals surface area contributed by atoms with E-state index in [-0.39, 0.29) is 12.1 Å². The predicted molar refractivity (Wildman–Crippen MR) is 76.5 cm³/mol. The Hall–Kier alpha value is -2.63. The number of carbonyl (C=O) groups excluding carboxylic acids is 1. The Morgan fingerprint density at radius 2 is 2.05 bits per heavy atom. The molecule has 0 fully saturated rings. The molecule has 0 aromatic heterocycles. The number of fused-ring (bicyclic) bond motifs is 1. The zero-order chi connectivity index (χ0) is 15.7. The molecule has 1 aliphatic heterocycles. The van der Waals surface area contributed by atoms with Gasteiger partial charge < -0.3 is 14.4 Å². The van der Waals surface area contributed by atoms with Crippen LogP contribution in [0.1, 0.15) is 10.4 Å². The third-order valence-electron chi connectivity index (χ3n) is 3.44. The van der Waals surface area contributed by atoms with Crippen LogP contribution in [0.2, 0.25) is 0 Å². The summed E-state index contributed by atoms with van der Waals surface area (Å²) in [6, 6.07) is 7.94. The molecule has 4 nitrogen and oxygen atoms in total. The molecule has 1 amide bonds. The number of hydrogen-bond acceptors (Lipinski definition) is 3. The lowest BCUT2D eigenvalue weighted by Crippen LogP contribution is -2.38. The summed E-state index contributed by atoms with van der Waals surface area (Å²) in [4.78, 5) is 14.0. The van der Waals surface area contributed by atoms with Crippen LogP contribution in [0.15, 0.2) is 36.4 Å². The maximum absolute atomic E-state index is 13.8. The first-order chi connectivity index (χ1) is 10.6. The molecular weight excluding hydrogens is 292 g/mol. The van der Waals surface area contributed by atoms with Gasteiger partial charge in [0.25, 0.3) is 5.91 Å². The van der Waals surface area contributed by atoms with E-state index >= 15 is 0 Å². The number of methoxy groups -OCH3 is 1. The van der Waals surface area contributed by atoms with E-state index < -0.39 is 17.5 Å². The minimum absolute atomic E-state index is 0.183. The van der Waals surface area contributed by atoms with Crippen LogP contribution in [0.4, 0.5) is 14.5 Å². The summed E-state index contributed by atoms with van der Waals surface area (Å²) in [5.74, 6) is -1.08. The molecular formula is C16H13F2NO3. The minimum atomic E-state index is -0.888. The molecule has 3 rings (SSSR count). The maximum atomic E-state index is 13.8. The van der Waals surface area contributed by atoms with E-state index in [1.54, 1.807) is 18.2 Å². The van der Waals surface area contributed by atoms with Gasteiger partial charge in [0.1, 0.15) is 29.7 Å². The first-order valence-electron chi connectivity index (χ1n) is 6.68. The van der Waals surface area contributed by atoms with Gasteiger partial charge in [-0.05, 0) is 24.3 Å². The zero-order valence-electron chi connectivity index (χ0n) is 11.8. The molecule has 1 aliphatic rings. The second-order valence-electron chi connectivity index (χ2n) is 4.76. The molecule has 0 atom stereocenters. The summed E-state index contributed by atoms with van der Waals surface area (Å²) < 4.78 is 37.4. The summed E-state index contributed by atoms with van der Waals surface area (Å²) in [6.45, 7) is 0.573. The zero-order valence-corrected chi connectivity index (χ0v) is 11.8. The molecule has 0 spiro atoms. The lowest BCUT2D eigenvalue weighted by Gasteiger charge is -2.30. The maximum Gasteiger partial charge on any atom is 0.261 e. The van der Waals surface area contributed by atoms with E-state index in [0.29, 0.717) is 29.9 Å². The highest BCUT2D eigenvalue weighted by atomic mass is 19.1. The van der Waals surface area contributed by atoms with E-state index in [1.807, 2.05) is 0 Å². The van der Waals surface area contributed by atoms with Crippen molar-refractivity contribution in [2.24, 2.45) is 0 Å². The van der Waals surface area contributed by atoms with Gasteiger partial charge >= 0.3 is 0 Å². The van der Waals surface area contributed by atoms with Gasteiger partial charge in [-0.1, -0.05) is 0 Å². The van der Waals surface area contributed by atoms with Crippen LogP contribution >= 0.6 is 0 Å². The highest BCUT2D eigenvalue weighted by Crippen LogP contribution is 2.35. The Labute approximate surface area is 125 Å². The van der Waals surface area contributed by atoms with Crippen LogP contribution in [0, 0.1) is 11.6 Å². The molecule has 0 bridgehead atoms. The number of benzene rings is 2. The van der Waals surface area contributed by atoms with Gasteiger partial charge in [0.05, 0.1) is 24.9 Å². The van der Waals surface area contributed by atoms with Crippen molar-refractivity contribution in [3.8, 4) is 11.5 Å². The fourth-order valence-electron chi connectivity index (χ4n) is 2.34. The first kappa shape index (κ1) is 14.3. The molecule has 0 radical (unpaired) electrons. The summed E-state index contributed by atoms with van der Waals surface area (Å²) in [5.41, 5.74) is 0.316. The fraction of sp³-hybridized carbons (Fsp3) is 0.188. The molecule has 0 unspecified atom stereocenters. The van der Waals surface area contributed by atoms with Gasteiger partial charge in [-0.2, -0.15) is 0 Å². The summed E-state index contributed by atoms with van der Waals surface area (Å²) in [7, 11) is 1.51. The van der Waals surface area contributed by atoms with Crippen molar-refractivity contribution in [3.05, 3.63) is 53.6 Å². The molecule has 1 heterocycles. The smallest absolute Gasteiger partial charge is 0.261 e. The van der Waals surface area contributed by atoms with E-state index in [2.05, 4.69) is 0 Å². The summed E-state index contributed by atoms with van der Waals surface area (Å²) in [5, 5.41) is 0. The predicted octanol–water partition coefficient (Wildman–Crippen LogP) is 3.01. The fourth-order valence-corrected chi connectivity index (χ4v) is 2.34. The minimum Gasteiger partial charge on any atom is -0.497 e. The monoisotopic (exact) mass is 305 g/mol.